The molecule has 6 nitrogen and oxygen atoms in total. The van der Waals surface area contributed by atoms with Gasteiger partial charge in [-0.3, -0.25) is 0 Å². The average Bonchev–Trinajstić information content (AvgIpc) is 3.01. The number of ether oxygens (including phenoxy) is 1. The number of carbonyl (C=O) groups excluding carboxylic acids is 1. The van der Waals surface area contributed by atoms with Gasteiger partial charge in [0.2, 0.25) is 0 Å². The van der Waals surface area contributed by atoms with Crippen LogP contribution in [0.4, 0.5) is 23.7 Å². The average molecular weight is 330 g/mol. The van der Waals surface area contributed by atoms with Crippen LogP contribution in [0.5, 0.6) is 5.75 Å². The fourth-order valence-corrected chi connectivity index (χ4v) is 1.73. The summed E-state index contributed by atoms with van der Waals surface area (Å²) in [5, 5.41) is 14.3. The molecule has 0 bridgehead atoms. The van der Waals surface area contributed by atoms with Gasteiger partial charge in [0.1, 0.15) is 17.7 Å². The Morgan fingerprint density at radius 1 is 1.35 bits per heavy atom. The standard InChI is InChI=1S/C14H13F3N2O4/c15-8-3-4-9(12(6-8)23-13(16)17)19-14(21)18-7-10(20)11-2-1-5-22-11/h1-6,10,13,20H,7H2,(H2,18,19,21). The van der Waals surface area contributed by atoms with Gasteiger partial charge in [-0.05, 0) is 24.3 Å². The number of alkyl halides is 2. The third-order valence-corrected chi connectivity index (χ3v) is 2.74. The lowest BCUT2D eigenvalue weighted by Gasteiger charge is -2.14. The molecule has 0 radical (unpaired) electrons. The van der Waals surface area contributed by atoms with E-state index >= 15 is 0 Å². The Labute approximate surface area is 128 Å². The lowest BCUT2D eigenvalue weighted by atomic mass is 10.2. The number of benzene rings is 1. The Hall–Kier alpha value is -2.68. The maximum absolute atomic E-state index is 13.0. The lowest BCUT2D eigenvalue weighted by molar-refractivity contribution is -0.0495. The molecule has 9 heteroatoms. The van der Waals surface area contributed by atoms with E-state index in [0.717, 1.165) is 18.2 Å². The number of halogens is 3. The van der Waals surface area contributed by atoms with E-state index in [-0.39, 0.29) is 18.0 Å². The summed E-state index contributed by atoms with van der Waals surface area (Å²) in [6.45, 7) is -3.34. The lowest BCUT2D eigenvalue weighted by Crippen LogP contribution is -2.32. The van der Waals surface area contributed by atoms with Crippen LogP contribution in [0, 0.1) is 5.82 Å². The predicted molar refractivity (Wildman–Crippen MR) is 73.7 cm³/mol. The van der Waals surface area contributed by atoms with Crippen molar-refractivity contribution in [3.8, 4) is 5.75 Å². The summed E-state index contributed by atoms with van der Waals surface area (Å²) in [6, 6.07) is 5.09. The van der Waals surface area contributed by atoms with Crippen molar-refractivity contribution < 1.29 is 32.2 Å². The molecule has 0 spiro atoms. The van der Waals surface area contributed by atoms with Crippen molar-refractivity contribution in [1.29, 1.82) is 0 Å². The highest BCUT2D eigenvalue weighted by Crippen LogP contribution is 2.27. The van der Waals surface area contributed by atoms with Crippen molar-refractivity contribution in [2.45, 2.75) is 12.7 Å². The van der Waals surface area contributed by atoms with Gasteiger partial charge < -0.3 is 24.9 Å². The van der Waals surface area contributed by atoms with Crippen LogP contribution in [0.1, 0.15) is 11.9 Å². The van der Waals surface area contributed by atoms with E-state index in [1.54, 1.807) is 6.07 Å². The smallest absolute Gasteiger partial charge is 0.387 e. The molecule has 1 heterocycles. The molecule has 1 unspecified atom stereocenters. The van der Waals surface area contributed by atoms with Crippen molar-refractivity contribution in [3.05, 3.63) is 48.2 Å². The normalized spacial score (nSPS) is 12.0. The van der Waals surface area contributed by atoms with Crippen molar-refractivity contribution >= 4 is 11.7 Å². The SMILES string of the molecule is O=C(NCC(O)c1ccco1)Nc1ccc(F)cc1OC(F)F. The fourth-order valence-electron chi connectivity index (χ4n) is 1.73. The second kappa shape index (κ2) is 7.54. The molecule has 124 valence electrons. The molecule has 0 aliphatic heterocycles. The molecule has 23 heavy (non-hydrogen) atoms. The van der Waals surface area contributed by atoms with Crippen LogP contribution < -0.4 is 15.4 Å². The highest BCUT2D eigenvalue weighted by Gasteiger charge is 2.15. The highest BCUT2D eigenvalue weighted by molar-refractivity contribution is 5.90. The number of urea groups is 1. The van der Waals surface area contributed by atoms with E-state index in [2.05, 4.69) is 15.4 Å². The molecule has 0 aliphatic carbocycles. The van der Waals surface area contributed by atoms with Gasteiger partial charge in [-0.1, -0.05) is 0 Å². The van der Waals surface area contributed by atoms with Gasteiger partial charge >= 0.3 is 12.6 Å². The van der Waals surface area contributed by atoms with Crippen LogP contribution in [0.25, 0.3) is 0 Å². The Kier molecular flexibility index (Phi) is 5.47. The van der Waals surface area contributed by atoms with Crippen LogP contribution in [-0.4, -0.2) is 24.3 Å². The van der Waals surface area contributed by atoms with Crippen molar-refractivity contribution in [2.24, 2.45) is 0 Å². The third-order valence-electron chi connectivity index (χ3n) is 2.74. The Morgan fingerprint density at radius 3 is 2.78 bits per heavy atom. The molecule has 1 atom stereocenters. The summed E-state index contributed by atoms with van der Waals surface area (Å²) in [5.41, 5.74) is -0.142. The number of rotatable bonds is 6. The van der Waals surface area contributed by atoms with Gasteiger partial charge in [-0.25, -0.2) is 9.18 Å². The minimum Gasteiger partial charge on any atom is -0.467 e. The van der Waals surface area contributed by atoms with Crippen LogP contribution >= 0.6 is 0 Å². The molecule has 2 aromatic rings. The maximum atomic E-state index is 13.0. The van der Waals surface area contributed by atoms with E-state index in [0.29, 0.717) is 0 Å². The van der Waals surface area contributed by atoms with Crippen molar-refractivity contribution in [3.63, 3.8) is 0 Å². The van der Waals surface area contributed by atoms with Gasteiger partial charge in [0.25, 0.3) is 0 Å². The number of carbonyl (C=O) groups is 1. The van der Waals surface area contributed by atoms with E-state index in [1.165, 1.54) is 12.3 Å². The first-order valence-corrected chi connectivity index (χ1v) is 6.46. The van der Waals surface area contributed by atoms with Crippen LogP contribution in [0.2, 0.25) is 0 Å². The zero-order valence-electron chi connectivity index (χ0n) is 11.6. The Bertz CT molecular complexity index is 649. The van der Waals surface area contributed by atoms with Crippen molar-refractivity contribution in [1.82, 2.24) is 5.32 Å². The van der Waals surface area contributed by atoms with E-state index in [9.17, 15) is 23.1 Å². The maximum Gasteiger partial charge on any atom is 0.387 e. The quantitative estimate of drug-likeness (QED) is 0.760. The molecule has 1 aromatic carbocycles. The largest absolute Gasteiger partial charge is 0.467 e. The zero-order chi connectivity index (χ0) is 16.8. The molecule has 0 saturated heterocycles. The third kappa shape index (κ3) is 4.92. The molecule has 1 aromatic heterocycles. The molecule has 2 amide bonds. The van der Waals surface area contributed by atoms with Gasteiger partial charge in [0, 0.05) is 6.07 Å². The fraction of sp³-hybridized carbons (Fsp3) is 0.214. The van der Waals surface area contributed by atoms with Gasteiger partial charge in [0.05, 0.1) is 18.5 Å². The number of aliphatic hydroxyl groups is 1. The predicted octanol–water partition coefficient (Wildman–Crippen LogP) is 2.88. The van der Waals surface area contributed by atoms with E-state index in [1.807, 2.05) is 0 Å². The summed E-state index contributed by atoms with van der Waals surface area (Å²) < 4.78 is 46.7. The molecule has 3 N–H and O–H groups in total. The monoisotopic (exact) mass is 330 g/mol. The second-order valence-corrected chi connectivity index (χ2v) is 4.39. The number of aliphatic hydroxyl groups excluding tert-OH is 1. The van der Waals surface area contributed by atoms with E-state index < -0.39 is 30.3 Å². The van der Waals surface area contributed by atoms with Crippen LogP contribution in [0.15, 0.2) is 41.0 Å². The first-order chi connectivity index (χ1) is 11.0. The number of hydrogen-bond acceptors (Lipinski definition) is 4. The Morgan fingerprint density at radius 2 is 2.13 bits per heavy atom. The first-order valence-electron chi connectivity index (χ1n) is 6.46. The summed E-state index contributed by atoms with van der Waals surface area (Å²) in [4.78, 5) is 11.7. The van der Waals surface area contributed by atoms with Gasteiger partial charge in [-0.15, -0.1) is 0 Å². The zero-order valence-corrected chi connectivity index (χ0v) is 11.6. The number of anilines is 1. The molecular formula is C14H13F3N2O4. The minimum absolute atomic E-state index is 0.142. The molecule has 0 aliphatic rings. The van der Waals surface area contributed by atoms with E-state index in [4.69, 9.17) is 4.42 Å². The topological polar surface area (TPSA) is 83.7 Å². The van der Waals surface area contributed by atoms with Crippen LogP contribution in [-0.2, 0) is 0 Å². The number of nitrogens with one attached hydrogen (secondary N) is 2. The van der Waals surface area contributed by atoms with Gasteiger partial charge in [-0.2, -0.15) is 8.78 Å². The molecule has 2 rings (SSSR count). The summed E-state index contributed by atoms with van der Waals surface area (Å²) in [7, 11) is 0. The first kappa shape index (κ1) is 16.7. The second-order valence-electron chi connectivity index (χ2n) is 4.39. The highest BCUT2D eigenvalue weighted by atomic mass is 19.3. The number of amides is 2. The summed E-state index contributed by atoms with van der Waals surface area (Å²) >= 11 is 0. The van der Waals surface area contributed by atoms with Crippen molar-refractivity contribution in [2.75, 3.05) is 11.9 Å². The molecule has 0 fully saturated rings. The number of hydrogen-bond donors (Lipinski definition) is 3. The summed E-state index contributed by atoms with van der Waals surface area (Å²) in [5.74, 6) is -1.05. The Balaban J connectivity index is 1.94. The minimum atomic E-state index is -3.17. The van der Waals surface area contributed by atoms with Gasteiger partial charge in [0.15, 0.2) is 5.75 Å². The molecule has 0 saturated carbocycles. The molecular weight excluding hydrogens is 317 g/mol. The van der Waals surface area contributed by atoms with Crippen LogP contribution in [0.3, 0.4) is 0 Å². The summed E-state index contributed by atoms with van der Waals surface area (Å²) in [6.07, 6.45) is 0.297. The number of furan rings is 1.